The Kier molecular flexibility index (Phi) is 2.01. The Bertz CT molecular complexity index is 96.6. The lowest BCUT2D eigenvalue weighted by Crippen LogP contribution is -2.11. The van der Waals surface area contributed by atoms with Crippen LogP contribution >= 0.6 is 12.6 Å². The number of thiol groups is 1. The molecule has 0 fully saturated rings. The van der Waals surface area contributed by atoms with E-state index >= 15 is 0 Å². The molecule has 1 aliphatic carbocycles. The van der Waals surface area contributed by atoms with Crippen molar-refractivity contribution in [3.63, 3.8) is 0 Å². The fourth-order valence-electron chi connectivity index (χ4n) is 0.955. The van der Waals surface area contributed by atoms with Crippen LogP contribution in [0, 0.1) is 5.92 Å². The van der Waals surface area contributed by atoms with Gasteiger partial charge in [0, 0.05) is 5.25 Å². The quantitative estimate of drug-likeness (QED) is 0.375. The Hall–Kier alpha value is 0.0900. The minimum absolute atomic E-state index is 0.517. The van der Waals surface area contributed by atoms with Gasteiger partial charge in [0.15, 0.2) is 0 Å². The average molecular weight is 128 g/mol. The number of hydrogen-bond donors (Lipinski definition) is 1. The highest BCUT2D eigenvalue weighted by atomic mass is 32.1. The van der Waals surface area contributed by atoms with Crippen molar-refractivity contribution < 1.29 is 0 Å². The third-order valence-corrected chi connectivity index (χ3v) is 2.39. The predicted molar refractivity (Wildman–Crippen MR) is 40.3 cm³/mol. The molecule has 1 rings (SSSR count). The zero-order valence-corrected chi connectivity index (χ0v) is 6.07. The highest BCUT2D eigenvalue weighted by Crippen LogP contribution is 2.21. The number of hydrogen-bond acceptors (Lipinski definition) is 1. The van der Waals surface area contributed by atoms with E-state index in [1.807, 2.05) is 0 Å². The summed E-state index contributed by atoms with van der Waals surface area (Å²) < 4.78 is 0. The molecule has 1 aliphatic rings. The first kappa shape index (κ1) is 6.21. The van der Waals surface area contributed by atoms with Crippen LogP contribution < -0.4 is 0 Å². The van der Waals surface area contributed by atoms with Gasteiger partial charge in [-0.25, -0.2) is 0 Å². The van der Waals surface area contributed by atoms with Crippen molar-refractivity contribution >= 4 is 12.6 Å². The second-order valence-corrected chi connectivity index (χ2v) is 3.07. The van der Waals surface area contributed by atoms with Gasteiger partial charge < -0.3 is 0 Å². The molecule has 0 N–H and O–H groups in total. The molecule has 0 aromatic rings. The summed E-state index contributed by atoms with van der Waals surface area (Å²) >= 11 is 4.37. The molecule has 0 saturated heterocycles. The minimum Gasteiger partial charge on any atom is -0.171 e. The van der Waals surface area contributed by atoms with Gasteiger partial charge >= 0.3 is 0 Å². The van der Waals surface area contributed by atoms with Crippen LogP contribution in [-0.2, 0) is 0 Å². The molecule has 46 valence electrons. The Balaban J connectivity index is 2.47. The lowest BCUT2D eigenvalue weighted by atomic mass is 9.96. The molecule has 0 aromatic carbocycles. The van der Waals surface area contributed by atoms with E-state index < -0.39 is 0 Å². The highest BCUT2D eigenvalue weighted by molar-refractivity contribution is 7.81. The van der Waals surface area contributed by atoms with Crippen molar-refractivity contribution in [2.75, 3.05) is 0 Å². The van der Waals surface area contributed by atoms with E-state index in [0.29, 0.717) is 5.25 Å². The maximum Gasteiger partial charge on any atom is 0.0222 e. The van der Waals surface area contributed by atoms with E-state index in [0.717, 1.165) is 5.92 Å². The fraction of sp³-hybridized carbons (Fsp3) is 0.714. The van der Waals surface area contributed by atoms with Crippen molar-refractivity contribution in [1.29, 1.82) is 0 Å². The monoisotopic (exact) mass is 128 g/mol. The summed E-state index contributed by atoms with van der Waals surface area (Å²) in [7, 11) is 0. The molecule has 0 aromatic heterocycles. The van der Waals surface area contributed by atoms with Gasteiger partial charge in [0.25, 0.3) is 0 Å². The second kappa shape index (κ2) is 2.58. The topological polar surface area (TPSA) is 0 Å². The Morgan fingerprint density at radius 1 is 1.62 bits per heavy atom. The van der Waals surface area contributed by atoms with Crippen LogP contribution in [0.5, 0.6) is 0 Å². The molecule has 8 heavy (non-hydrogen) atoms. The lowest BCUT2D eigenvalue weighted by molar-refractivity contribution is 0.540. The molecule has 2 unspecified atom stereocenters. The third kappa shape index (κ3) is 1.28. The summed E-state index contributed by atoms with van der Waals surface area (Å²) in [4.78, 5) is 0. The molecule has 0 amide bonds. The van der Waals surface area contributed by atoms with Gasteiger partial charge in [-0.15, -0.1) is 0 Å². The standard InChI is InChI=1S/C7H12S/c1-6-4-2-3-5-7(6)8/h3,5-8H,2,4H2,1H3. The summed E-state index contributed by atoms with van der Waals surface area (Å²) in [6, 6.07) is 0. The SMILES string of the molecule is CC1CCC=CC1S. The predicted octanol–water partition coefficient (Wildman–Crippen LogP) is 2.27. The van der Waals surface area contributed by atoms with Gasteiger partial charge in [0.1, 0.15) is 0 Å². The molecule has 0 heterocycles. The normalized spacial score (nSPS) is 37.8. The van der Waals surface area contributed by atoms with Crippen LogP contribution in [0.4, 0.5) is 0 Å². The molecule has 0 bridgehead atoms. The van der Waals surface area contributed by atoms with Gasteiger partial charge in [-0.05, 0) is 18.8 Å². The Morgan fingerprint density at radius 2 is 2.38 bits per heavy atom. The van der Waals surface area contributed by atoms with Crippen LogP contribution in [-0.4, -0.2) is 5.25 Å². The van der Waals surface area contributed by atoms with Crippen LogP contribution in [0.25, 0.3) is 0 Å². The summed E-state index contributed by atoms with van der Waals surface area (Å²) in [6.45, 7) is 2.25. The lowest BCUT2D eigenvalue weighted by Gasteiger charge is -2.18. The van der Waals surface area contributed by atoms with Crippen LogP contribution in [0.2, 0.25) is 0 Å². The third-order valence-electron chi connectivity index (χ3n) is 1.70. The summed E-state index contributed by atoms with van der Waals surface area (Å²) in [6.07, 6.45) is 6.97. The van der Waals surface area contributed by atoms with Crippen LogP contribution in [0.3, 0.4) is 0 Å². The average Bonchev–Trinajstić information content (AvgIpc) is 1.77. The molecule has 0 saturated carbocycles. The Morgan fingerprint density at radius 3 is 2.75 bits per heavy atom. The van der Waals surface area contributed by atoms with Gasteiger partial charge in [-0.3, -0.25) is 0 Å². The smallest absolute Gasteiger partial charge is 0.0222 e. The van der Waals surface area contributed by atoms with Crippen molar-refractivity contribution in [3.05, 3.63) is 12.2 Å². The van der Waals surface area contributed by atoms with E-state index in [1.54, 1.807) is 0 Å². The zero-order chi connectivity index (χ0) is 5.98. The first-order chi connectivity index (χ1) is 3.80. The van der Waals surface area contributed by atoms with Gasteiger partial charge in [0.2, 0.25) is 0 Å². The number of allylic oxidation sites excluding steroid dienone is 1. The van der Waals surface area contributed by atoms with Crippen LogP contribution in [0.15, 0.2) is 12.2 Å². The summed E-state index contributed by atoms with van der Waals surface area (Å²) in [5, 5.41) is 0.517. The minimum atomic E-state index is 0.517. The maximum atomic E-state index is 4.37. The molecule has 0 aliphatic heterocycles. The van der Waals surface area contributed by atoms with E-state index in [2.05, 4.69) is 31.7 Å². The van der Waals surface area contributed by atoms with Crippen molar-refractivity contribution in [2.24, 2.45) is 5.92 Å². The molecule has 0 nitrogen and oxygen atoms in total. The van der Waals surface area contributed by atoms with Crippen molar-refractivity contribution in [1.82, 2.24) is 0 Å². The largest absolute Gasteiger partial charge is 0.171 e. The maximum absolute atomic E-state index is 4.37. The highest BCUT2D eigenvalue weighted by Gasteiger charge is 2.11. The zero-order valence-electron chi connectivity index (χ0n) is 5.17. The van der Waals surface area contributed by atoms with Crippen LogP contribution in [0.1, 0.15) is 19.8 Å². The number of rotatable bonds is 0. The molecule has 0 radical (unpaired) electrons. The first-order valence-electron chi connectivity index (χ1n) is 3.15. The van der Waals surface area contributed by atoms with Gasteiger partial charge in [-0.2, -0.15) is 12.6 Å². The summed E-state index contributed by atoms with van der Waals surface area (Å²) in [5.41, 5.74) is 0. The van der Waals surface area contributed by atoms with E-state index in [1.165, 1.54) is 12.8 Å². The van der Waals surface area contributed by atoms with Gasteiger partial charge in [0.05, 0.1) is 0 Å². The molecular weight excluding hydrogens is 116 g/mol. The molecule has 2 atom stereocenters. The molecule has 0 spiro atoms. The van der Waals surface area contributed by atoms with Crippen molar-refractivity contribution in [3.8, 4) is 0 Å². The van der Waals surface area contributed by atoms with Gasteiger partial charge in [-0.1, -0.05) is 19.1 Å². The van der Waals surface area contributed by atoms with E-state index in [-0.39, 0.29) is 0 Å². The van der Waals surface area contributed by atoms with Crippen molar-refractivity contribution in [2.45, 2.75) is 25.0 Å². The molecular formula is C7H12S. The first-order valence-corrected chi connectivity index (χ1v) is 3.67. The fourth-order valence-corrected chi connectivity index (χ4v) is 1.23. The molecule has 1 heteroatoms. The van der Waals surface area contributed by atoms with E-state index in [4.69, 9.17) is 0 Å². The summed E-state index contributed by atoms with van der Waals surface area (Å²) in [5.74, 6) is 0.781. The second-order valence-electron chi connectivity index (χ2n) is 2.47. The van der Waals surface area contributed by atoms with E-state index in [9.17, 15) is 0 Å². The Labute approximate surface area is 56.4 Å².